The topological polar surface area (TPSA) is 84.5 Å². The van der Waals surface area contributed by atoms with Gasteiger partial charge >= 0.3 is 5.97 Å². The van der Waals surface area contributed by atoms with E-state index in [4.69, 9.17) is 4.74 Å². The second-order valence-corrected chi connectivity index (χ2v) is 6.13. The molecule has 1 atom stereocenters. The molecule has 0 aliphatic carbocycles. The summed E-state index contributed by atoms with van der Waals surface area (Å²) in [5, 5.41) is 8.89. The van der Waals surface area contributed by atoms with E-state index in [1.165, 1.54) is 18.4 Å². The van der Waals surface area contributed by atoms with Crippen molar-refractivity contribution < 1.29 is 19.1 Å². The van der Waals surface area contributed by atoms with E-state index in [1.54, 1.807) is 11.4 Å². The average Bonchev–Trinajstić information content (AvgIpc) is 3.16. The highest BCUT2D eigenvalue weighted by atomic mass is 32.1. The molecule has 1 aromatic carbocycles. The van der Waals surface area contributed by atoms with Crippen molar-refractivity contribution in [2.24, 2.45) is 0 Å². The quantitative estimate of drug-likeness (QED) is 0.703. The van der Waals surface area contributed by atoms with Gasteiger partial charge in [-0.1, -0.05) is 30.3 Å². The third kappa shape index (κ3) is 6.04. The highest BCUT2D eigenvalue weighted by Crippen LogP contribution is 2.06. The zero-order chi connectivity index (χ0) is 18.1. The van der Waals surface area contributed by atoms with Crippen molar-refractivity contribution in [1.29, 1.82) is 0 Å². The van der Waals surface area contributed by atoms with Crippen LogP contribution in [0, 0.1) is 0 Å². The lowest BCUT2D eigenvalue weighted by atomic mass is 10.1. The summed E-state index contributed by atoms with van der Waals surface area (Å²) in [5.74, 6) is -1.04. The summed E-state index contributed by atoms with van der Waals surface area (Å²) in [6.45, 7) is 0.194. The first-order valence-electron chi connectivity index (χ1n) is 7.81. The molecule has 1 heterocycles. The van der Waals surface area contributed by atoms with Crippen LogP contribution in [0.15, 0.2) is 47.2 Å². The first kappa shape index (κ1) is 18.7. The van der Waals surface area contributed by atoms with E-state index in [-0.39, 0.29) is 24.8 Å². The molecule has 2 aromatic rings. The Morgan fingerprint density at radius 2 is 1.92 bits per heavy atom. The predicted molar refractivity (Wildman–Crippen MR) is 95.4 cm³/mol. The van der Waals surface area contributed by atoms with Gasteiger partial charge in [0.1, 0.15) is 6.04 Å². The summed E-state index contributed by atoms with van der Waals surface area (Å²) < 4.78 is 4.75. The Bertz CT molecular complexity index is 701. The zero-order valence-electron chi connectivity index (χ0n) is 13.9. The van der Waals surface area contributed by atoms with Crippen molar-refractivity contribution in [3.05, 3.63) is 58.3 Å². The fourth-order valence-electron chi connectivity index (χ4n) is 2.24. The molecule has 2 rings (SSSR count). The predicted octanol–water partition coefficient (Wildman–Crippen LogP) is 1.77. The molecule has 132 valence electrons. The fourth-order valence-corrected chi connectivity index (χ4v) is 2.87. The maximum atomic E-state index is 12.1. The van der Waals surface area contributed by atoms with E-state index in [1.807, 2.05) is 35.7 Å². The summed E-state index contributed by atoms with van der Waals surface area (Å²) in [5.41, 5.74) is 1.49. The SMILES string of the molecule is COC(=O)[C@H](Cc1ccccc1)NC(=O)CCNC(=O)c1ccsc1. The summed E-state index contributed by atoms with van der Waals surface area (Å²) in [6.07, 6.45) is 0.429. The van der Waals surface area contributed by atoms with Gasteiger partial charge in [-0.2, -0.15) is 11.3 Å². The summed E-state index contributed by atoms with van der Waals surface area (Å²) >= 11 is 1.43. The van der Waals surface area contributed by atoms with E-state index >= 15 is 0 Å². The third-order valence-electron chi connectivity index (χ3n) is 3.52. The molecule has 0 radical (unpaired) electrons. The first-order chi connectivity index (χ1) is 12.1. The Morgan fingerprint density at radius 3 is 2.56 bits per heavy atom. The summed E-state index contributed by atoms with van der Waals surface area (Å²) in [7, 11) is 1.29. The van der Waals surface area contributed by atoms with Crippen LogP contribution in [0.1, 0.15) is 22.3 Å². The Hall–Kier alpha value is -2.67. The molecule has 6 nitrogen and oxygen atoms in total. The minimum Gasteiger partial charge on any atom is -0.467 e. The molecule has 0 aliphatic rings. The molecule has 0 spiro atoms. The Kier molecular flexibility index (Phi) is 7.16. The monoisotopic (exact) mass is 360 g/mol. The maximum Gasteiger partial charge on any atom is 0.328 e. The van der Waals surface area contributed by atoms with E-state index in [0.29, 0.717) is 12.0 Å². The van der Waals surface area contributed by atoms with Crippen LogP contribution in [0.5, 0.6) is 0 Å². The lowest BCUT2D eigenvalue weighted by molar-refractivity contribution is -0.145. The van der Waals surface area contributed by atoms with Crippen LogP contribution in [-0.2, 0) is 20.7 Å². The van der Waals surface area contributed by atoms with Gasteiger partial charge in [0.2, 0.25) is 5.91 Å². The number of hydrogen-bond acceptors (Lipinski definition) is 5. The number of esters is 1. The minimum absolute atomic E-state index is 0.0815. The molecule has 2 amide bonds. The lowest BCUT2D eigenvalue weighted by Crippen LogP contribution is -2.44. The van der Waals surface area contributed by atoms with Gasteiger partial charge in [0.15, 0.2) is 0 Å². The molecule has 0 saturated carbocycles. The van der Waals surface area contributed by atoms with Crippen molar-refractivity contribution in [3.63, 3.8) is 0 Å². The second kappa shape index (κ2) is 9.58. The zero-order valence-corrected chi connectivity index (χ0v) is 14.7. The Labute approximate surface area is 150 Å². The fraction of sp³-hybridized carbons (Fsp3) is 0.278. The number of hydrogen-bond donors (Lipinski definition) is 2. The highest BCUT2D eigenvalue weighted by Gasteiger charge is 2.21. The van der Waals surface area contributed by atoms with Gasteiger partial charge in [-0.15, -0.1) is 0 Å². The molecule has 25 heavy (non-hydrogen) atoms. The number of carbonyl (C=O) groups is 3. The molecule has 0 fully saturated rings. The summed E-state index contributed by atoms with van der Waals surface area (Å²) in [6, 6.07) is 10.3. The van der Waals surface area contributed by atoms with Gasteiger partial charge in [-0.25, -0.2) is 4.79 Å². The van der Waals surface area contributed by atoms with Crippen LogP contribution in [0.2, 0.25) is 0 Å². The maximum absolute atomic E-state index is 12.1. The Morgan fingerprint density at radius 1 is 1.16 bits per heavy atom. The van der Waals surface area contributed by atoms with Crippen LogP contribution in [0.4, 0.5) is 0 Å². The van der Waals surface area contributed by atoms with E-state index in [2.05, 4.69) is 10.6 Å². The van der Waals surface area contributed by atoms with Crippen molar-refractivity contribution in [1.82, 2.24) is 10.6 Å². The number of nitrogens with one attached hydrogen (secondary N) is 2. The molecule has 0 saturated heterocycles. The van der Waals surface area contributed by atoms with Crippen LogP contribution in [-0.4, -0.2) is 37.5 Å². The molecule has 2 N–H and O–H groups in total. The Balaban J connectivity index is 1.82. The molecule has 0 aliphatic heterocycles. The molecular formula is C18H20N2O4S. The number of thiophene rings is 1. The number of benzene rings is 1. The highest BCUT2D eigenvalue weighted by molar-refractivity contribution is 7.08. The van der Waals surface area contributed by atoms with Gasteiger partial charge in [0.25, 0.3) is 5.91 Å². The number of amides is 2. The van der Waals surface area contributed by atoms with Gasteiger partial charge in [-0.3, -0.25) is 9.59 Å². The minimum atomic E-state index is -0.757. The number of ether oxygens (including phenoxy) is 1. The van der Waals surface area contributed by atoms with E-state index in [0.717, 1.165) is 5.56 Å². The molecule has 1 aromatic heterocycles. The van der Waals surface area contributed by atoms with Gasteiger partial charge in [-0.05, 0) is 17.0 Å². The van der Waals surface area contributed by atoms with Crippen molar-refractivity contribution in [2.75, 3.05) is 13.7 Å². The molecular weight excluding hydrogens is 340 g/mol. The standard InChI is InChI=1S/C18H20N2O4S/c1-24-18(23)15(11-13-5-3-2-4-6-13)20-16(21)7-9-19-17(22)14-8-10-25-12-14/h2-6,8,10,12,15H,7,9,11H2,1H3,(H,19,22)(H,20,21)/t15-/m0/s1. The lowest BCUT2D eigenvalue weighted by Gasteiger charge is -2.16. The van der Waals surface area contributed by atoms with Crippen molar-refractivity contribution in [2.45, 2.75) is 18.9 Å². The van der Waals surface area contributed by atoms with Gasteiger partial charge in [0, 0.05) is 30.3 Å². The van der Waals surface area contributed by atoms with Gasteiger partial charge < -0.3 is 15.4 Å². The van der Waals surface area contributed by atoms with E-state index < -0.39 is 12.0 Å². The van der Waals surface area contributed by atoms with Crippen molar-refractivity contribution >= 4 is 29.1 Å². The number of rotatable bonds is 8. The number of methoxy groups -OCH3 is 1. The van der Waals surface area contributed by atoms with E-state index in [9.17, 15) is 14.4 Å². The molecule has 7 heteroatoms. The second-order valence-electron chi connectivity index (χ2n) is 5.35. The van der Waals surface area contributed by atoms with Crippen LogP contribution < -0.4 is 10.6 Å². The van der Waals surface area contributed by atoms with Crippen LogP contribution in [0.3, 0.4) is 0 Å². The van der Waals surface area contributed by atoms with Crippen molar-refractivity contribution in [3.8, 4) is 0 Å². The normalized spacial score (nSPS) is 11.4. The first-order valence-corrected chi connectivity index (χ1v) is 8.76. The summed E-state index contributed by atoms with van der Waals surface area (Å²) in [4.78, 5) is 35.7. The van der Waals surface area contributed by atoms with Crippen LogP contribution in [0.25, 0.3) is 0 Å². The number of carbonyl (C=O) groups excluding carboxylic acids is 3. The largest absolute Gasteiger partial charge is 0.467 e. The third-order valence-corrected chi connectivity index (χ3v) is 4.21. The smallest absolute Gasteiger partial charge is 0.328 e. The molecule has 0 unspecified atom stereocenters. The van der Waals surface area contributed by atoms with Crippen LogP contribution >= 0.6 is 11.3 Å². The van der Waals surface area contributed by atoms with Gasteiger partial charge in [0.05, 0.1) is 7.11 Å². The molecule has 0 bridgehead atoms. The average molecular weight is 360 g/mol.